The number of aliphatic carboxylic acids is 1. The fraction of sp³-hybridized carbons (Fsp3) is 0.533. The highest BCUT2D eigenvalue weighted by atomic mass is 32.1. The molecule has 23 heavy (non-hydrogen) atoms. The van der Waals surface area contributed by atoms with Crippen molar-refractivity contribution < 1.29 is 24.2 Å². The van der Waals surface area contributed by atoms with Crippen molar-refractivity contribution >= 4 is 29.1 Å². The van der Waals surface area contributed by atoms with E-state index in [2.05, 4.69) is 0 Å². The number of ether oxygens (including phenoxy) is 1. The Morgan fingerprint density at radius 1 is 1.48 bits per heavy atom. The second kappa shape index (κ2) is 7.45. The molecule has 0 radical (unpaired) electrons. The molecule has 2 rings (SSSR count). The Kier molecular flexibility index (Phi) is 5.59. The molecule has 1 saturated heterocycles. The van der Waals surface area contributed by atoms with E-state index in [1.807, 2.05) is 0 Å². The minimum atomic E-state index is -0.877. The molecule has 0 aliphatic carbocycles. The summed E-state index contributed by atoms with van der Waals surface area (Å²) in [6, 6.07) is 1.63. The first kappa shape index (κ1) is 17.3. The molecule has 1 unspecified atom stereocenters. The highest BCUT2D eigenvalue weighted by Gasteiger charge is 2.29. The lowest BCUT2D eigenvalue weighted by Gasteiger charge is -2.31. The van der Waals surface area contributed by atoms with Crippen molar-refractivity contribution in [2.75, 3.05) is 33.8 Å². The summed E-state index contributed by atoms with van der Waals surface area (Å²) in [7, 11) is 3.09. The van der Waals surface area contributed by atoms with Crippen molar-refractivity contribution in [2.45, 2.75) is 12.8 Å². The molecule has 2 amide bonds. The highest BCUT2D eigenvalue weighted by Crippen LogP contribution is 2.22. The summed E-state index contributed by atoms with van der Waals surface area (Å²) in [6.45, 7) is 0.686. The summed E-state index contributed by atoms with van der Waals surface area (Å²) in [5.74, 6) is -1.26. The Labute approximate surface area is 138 Å². The van der Waals surface area contributed by atoms with E-state index >= 15 is 0 Å². The van der Waals surface area contributed by atoms with E-state index in [-0.39, 0.29) is 24.9 Å². The Morgan fingerprint density at radius 3 is 2.83 bits per heavy atom. The first-order chi connectivity index (χ1) is 10.9. The SMILES string of the molecule is COc1csc(C(=O)N(C)CC(=O)N2CCCC(C(=O)O)C2)c1. The maximum Gasteiger partial charge on any atom is 0.308 e. The number of likely N-dealkylation sites (N-methyl/N-ethyl adjacent to an activating group) is 1. The Balaban J connectivity index is 1.93. The number of carbonyl (C=O) groups excluding carboxylic acids is 2. The number of carbonyl (C=O) groups is 3. The van der Waals surface area contributed by atoms with Crippen molar-refractivity contribution in [3.05, 3.63) is 16.3 Å². The molecule has 1 aromatic heterocycles. The number of thiophene rings is 1. The Hall–Kier alpha value is -2.09. The van der Waals surface area contributed by atoms with Crippen LogP contribution in [0.3, 0.4) is 0 Å². The lowest BCUT2D eigenvalue weighted by Crippen LogP contribution is -2.46. The van der Waals surface area contributed by atoms with E-state index in [1.165, 1.54) is 28.2 Å². The summed E-state index contributed by atoms with van der Waals surface area (Å²) in [5.41, 5.74) is 0. The van der Waals surface area contributed by atoms with Gasteiger partial charge in [0.1, 0.15) is 5.75 Å². The van der Waals surface area contributed by atoms with Crippen LogP contribution >= 0.6 is 11.3 Å². The molecule has 126 valence electrons. The quantitative estimate of drug-likeness (QED) is 0.869. The number of hydrogen-bond acceptors (Lipinski definition) is 5. The van der Waals surface area contributed by atoms with E-state index in [1.54, 1.807) is 18.5 Å². The molecule has 8 heteroatoms. The van der Waals surface area contributed by atoms with Crippen LogP contribution in [0, 0.1) is 5.92 Å². The number of amides is 2. The third-order valence-corrected chi connectivity index (χ3v) is 4.76. The van der Waals surface area contributed by atoms with Gasteiger partial charge in [0.2, 0.25) is 5.91 Å². The monoisotopic (exact) mass is 340 g/mol. The molecule has 0 aromatic carbocycles. The predicted octanol–water partition coefficient (Wildman–Crippen LogP) is 1.15. The van der Waals surface area contributed by atoms with E-state index in [0.29, 0.717) is 30.0 Å². The normalized spacial score (nSPS) is 17.7. The lowest BCUT2D eigenvalue weighted by atomic mass is 9.98. The summed E-state index contributed by atoms with van der Waals surface area (Å²) in [6.07, 6.45) is 1.26. The molecular formula is C15H20N2O5S. The predicted molar refractivity (Wildman–Crippen MR) is 84.8 cm³/mol. The summed E-state index contributed by atoms with van der Waals surface area (Å²) in [4.78, 5) is 39.0. The van der Waals surface area contributed by atoms with Gasteiger partial charge in [-0.05, 0) is 12.8 Å². The van der Waals surface area contributed by atoms with E-state index in [0.717, 1.165) is 0 Å². The zero-order valence-corrected chi connectivity index (χ0v) is 14.0. The first-order valence-corrected chi connectivity index (χ1v) is 8.19. The van der Waals surface area contributed by atoms with Crippen LogP contribution in [0.4, 0.5) is 0 Å². The first-order valence-electron chi connectivity index (χ1n) is 7.31. The fourth-order valence-electron chi connectivity index (χ4n) is 2.51. The standard InChI is InChI=1S/C15H20N2O5S/c1-16(14(19)12-6-11(22-2)9-23-12)8-13(18)17-5-3-4-10(7-17)15(20)21/h6,9-10H,3-5,7-8H2,1-2H3,(H,20,21). The van der Waals surface area contributed by atoms with Gasteiger partial charge in [-0.25, -0.2) is 0 Å². The number of piperidine rings is 1. The fourth-order valence-corrected chi connectivity index (χ4v) is 3.35. The number of carboxylic acids is 1. The number of likely N-dealkylation sites (tertiary alicyclic amines) is 1. The minimum Gasteiger partial charge on any atom is -0.496 e. The molecule has 1 atom stereocenters. The molecule has 1 fully saturated rings. The average Bonchev–Trinajstić information content (AvgIpc) is 3.03. The number of rotatable bonds is 5. The summed E-state index contributed by atoms with van der Waals surface area (Å²) < 4.78 is 5.04. The molecule has 1 aliphatic rings. The van der Waals surface area contributed by atoms with Crippen LogP contribution in [0.25, 0.3) is 0 Å². The van der Waals surface area contributed by atoms with Crippen molar-refractivity contribution in [3.8, 4) is 5.75 Å². The Bertz CT molecular complexity index is 600. The molecule has 2 heterocycles. The molecule has 0 spiro atoms. The van der Waals surface area contributed by atoms with E-state index < -0.39 is 11.9 Å². The zero-order valence-electron chi connectivity index (χ0n) is 13.2. The number of methoxy groups -OCH3 is 1. The maximum atomic E-state index is 12.3. The molecule has 7 nitrogen and oxygen atoms in total. The summed E-state index contributed by atoms with van der Waals surface area (Å²) >= 11 is 1.26. The van der Waals surface area contributed by atoms with Crippen LogP contribution in [0.5, 0.6) is 5.75 Å². The largest absolute Gasteiger partial charge is 0.496 e. The van der Waals surface area contributed by atoms with E-state index in [9.17, 15) is 14.4 Å². The van der Waals surface area contributed by atoms with Crippen molar-refractivity contribution in [1.82, 2.24) is 9.80 Å². The molecule has 0 saturated carbocycles. The van der Waals surface area contributed by atoms with Crippen molar-refractivity contribution in [1.29, 1.82) is 0 Å². The lowest BCUT2D eigenvalue weighted by molar-refractivity contribution is -0.145. The molecular weight excluding hydrogens is 320 g/mol. The molecule has 1 aliphatic heterocycles. The molecule has 0 bridgehead atoms. The number of hydrogen-bond donors (Lipinski definition) is 1. The smallest absolute Gasteiger partial charge is 0.308 e. The van der Waals surface area contributed by atoms with Gasteiger partial charge < -0.3 is 19.6 Å². The van der Waals surface area contributed by atoms with Gasteiger partial charge in [0.25, 0.3) is 5.91 Å². The third kappa shape index (κ3) is 4.22. The zero-order chi connectivity index (χ0) is 17.0. The van der Waals surface area contributed by atoms with Gasteiger partial charge in [-0.2, -0.15) is 0 Å². The average molecular weight is 340 g/mol. The minimum absolute atomic E-state index is 0.0641. The molecule has 1 N–H and O–H groups in total. The highest BCUT2D eigenvalue weighted by molar-refractivity contribution is 7.12. The van der Waals surface area contributed by atoms with Gasteiger partial charge in [-0.1, -0.05) is 0 Å². The van der Waals surface area contributed by atoms with Crippen LogP contribution in [0.2, 0.25) is 0 Å². The number of nitrogens with zero attached hydrogens (tertiary/aromatic N) is 2. The van der Waals surface area contributed by atoms with E-state index in [4.69, 9.17) is 9.84 Å². The number of carboxylic acid groups (broad SMARTS) is 1. The van der Waals surface area contributed by atoms with Crippen LogP contribution in [-0.2, 0) is 9.59 Å². The van der Waals surface area contributed by atoms with Gasteiger partial charge in [0.05, 0.1) is 24.4 Å². The third-order valence-electron chi connectivity index (χ3n) is 3.86. The van der Waals surface area contributed by atoms with Crippen LogP contribution in [0.15, 0.2) is 11.4 Å². The van der Waals surface area contributed by atoms with Gasteiger partial charge in [-0.15, -0.1) is 11.3 Å². The van der Waals surface area contributed by atoms with Gasteiger partial charge in [-0.3, -0.25) is 14.4 Å². The van der Waals surface area contributed by atoms with Crippen LogP contribution in [0.1, 0.15) is 22.5 Å². The maximum absolute atomic E-state index is 12.3. The van der Waals surface area contributed by atoms with Gasteiger partial charge in [0.15, 0.2) is 0 Å². The molecule has 1 aromatic rings. The van der Waals surface area contributed by atoms with Crippen molar-refractivity contribution in [3.63, 3.8) is 0 Å². The van der Waals surface area contributed by atoms with Crippen LogP contribution in [-0.4, -0.2) is 66.5 Å². The van der Waals surface area contributed by atoms with Crippen LogP contribution < -0.4 is 4.74 Å². The van der Waals surface area contributed by atoms with Gasteiger partial charge in [0, 0.05) is 31.6 Å². The second-order valence-electron chi connectivity index (χ2n) is 5.53. The van der Waals surface area contributed by atoms with Crippen molar-refractivity contribution in [2.24, 2.45) is 5.92 Å². The summed E-state index contributed by atoms with van der Waals surface area (Å²) in [5, 5.41) is 10.8. The topological polar surface area (TPSA) is 87.2 Å². The van der Waals surface area contributed by atoms with Gasteiger partial charge >= 0.3 is 5.97 Å². The Morgan fingerprint density at radius 2 is 2.22 bits per heavy atom. The second-order valence-corrected chi connectivity index (χ2v) is 6.44.